The molecule has 7 nitrogen and oxygen atoms in total. The Morgan fingerprint density at radius 3 is 1.98 bits per heavy atom. The average molecular weight is 654 g/mol. The van der Waals surface area contributed by atoms with E-state index < -0.39 is 28.5 Å². The quantitative estimate of drug-likeness (QED) is 0.158. The zero-order chi connectivity index (χ0) is 34.1. The van der Waals surface area contributed by atoms with Crippen LogP contribution in [-0.4, -0.2) is 44.3 Å². The van der Waals surface area contributed by atoms with Crippen molar-refractivity contribution >= 4 is 27.5 Å². The lowest BCUT2D eigenvalue weighted by molar-refractivity contribution is -0.140. The maximum Gasteiger partial charge on any atom is 0.264 e. The van der Waals surface area contributed by atoms with E-state index in [0.717, 1.165) is 27.8 Å². The fourth-order valence-corrected chi connectivity index (χ4v) is 6.79. The molecular formula is C39H47N3O4S. The van der Waals surface area contributed by atoms with E-state index in [0.29, 0.717) is 12.2 Å². The van der Waals surface area contributed by atoms with Crippen LogP contribution in [0.15, 0.2) is 108 Å². The summed E-state index contributed by atoms with van der Waals surface area (Å²) in [6.45, 7) is 12.1. The van der Waals surface area contributed by atoms with Crippen LogP contribution in [-0.2, 0) is 32.6 Å². The molecule has 1 N–H and O–H groups in total. The van der Waals surface area contributed by atoms with Crippen LogP contribution in [0, 0.1) is 19.8 Å². The predicted molar refractivity (Wildman–Crippen MR) is 190 cm³/mol. The van der Waals surface area contributed by atoms with Gasteiger partial charge in [-0.2, -0.15) is 0 Å². The molecule has 0 bridgehead atoms. The van der Waals surface area contributed by atoms with Crippen molar-refractivity contribution < 1.29 is 18.0 Å². The fourth-order valence-electron chi connectivity index (χ4n) is 5.38. The molecule has 4 aromatic carbocycles. The molecule has 0 heterocycles. The number of anilines is 1. The van der Waals surface area contributed by atoms with Crippen LogP contribution >= 0.6 is 0 Å². The molecule has 0 aromatic heterocycles. The van der Waals surface area contributed by atoms with Gasteiger partial charge in [0.1, 0.15) is 12.6 Å². The Kier molecular flexibility index (Phi) is 12.0. The third-order valence-corrected chi connectivity index (χ3v) is 9.91. The van der Waals surface area contributed by atoms with Gasteiger partial charge in [0, 0.05) is 19.5 Å². The van der Waals surface area contributed by atoms with Crippen molar-refractivity contribution in [2.24, 2.45) is 5.92 Å². The summed E-state index contributed by atoms with van der Waals surface area (Å²) in [5, 5.41) is 3.03. The number of carbonyl (C=O) groups is 2. The first-order chi connectivity index (χ1) is 22.3. The third-order valence-electron chi connectivity index (χ3n) is 8.13. The van der Waals surface area contributed by atoms with Crippen molar-refractivity contribution in [1.29, 1.82) is 0 Å². The van der Waals surface area contributed by atoms with Gasteiger partial charge in [0.25, 0.3) is 10.0 Å². The summed E-state index contributed by atoms with van der Waals surface area (Å²) >= 11 is 0. The number of carbonyl (C=O) groups excluding carboxylic acids is 2. The van der Waals surface area contributed by atoms with Gasteiger partial charge in [0.2, 0.25) is 11.8 Å². The highest BCUT2D eigenvalue weighted by molar-refractivity contribution is 7.92. The van der Waals surface area contributed by atoms with E-state index in [1.807, 2.05) is 94.4 Å². The molecule has 0 fully saturated rings. The maximum absolute atomic E-state index is 14.6. The van der Waals surface area contributed by atoms with Gasteiger partial charge in [-0.25, -0.2) is 8.42 Å². The lowest BCUT2D eigenvalue weighted by Gasteiger charge is -2.34. The largest absolute Gasteiger partial charge is 0.354 e. The summed E-state index contributed by atoms with van der Waals surface area (Å²) in [5.74, 6) is -0.296. The molecular weight excluding hydrogens is 607 g/mol. The van der Waals surface area contributed by atoms with Crippen LogP contribution in [0.1, 0.15) is 61.4 Å². The standard InChI is InChI=1S/C39H47N3O4S/c1-28(2)25-40-39(44)37(24-32-12-8-7-9-13-32)41(26-33-14-10-11-31(6)23-33)38(43)27-42(35-19-17-34(18-20-35)29(3)4)47(45,46)36-21-15-30(5)16-22-36/h7-23,28-29,37H,24-27H2,1-6H3,(H,40,44). The van der Waals surface area contributed by atoms with E-state index in [1.54, 1.807) is 36.4 Å². The lowest BCUT2D eigenvalue weighted by Crippen LogP contribution is -2.53. The van der Waals surface area contributed by atoms with Crippen LogP contribution in [0.2, 0.25) is 0 Å². The molecule has 0 radical (unpaired) electrons. The number of hydrogen-bond donors (Lipinski definition) is 1. The van der Waals surface area contributed by atoms with Crippen LogP contribution < -0.4 is 9.62 Å². The van der Waals surface area contributed by atoms with Crippen molar-refractivity contribution in [3.8, 4) is 0 Å². The average Bonchev–Trinajstić information content (AvgIpc) is 3.04. The summed E-state index contributed by atoms with van der Waals surface area (Å²) in [5.41, 5.74) is 5.12. The van der Waals surface area contributed by atoms with Gasteiger partial charge in [-0.3, -0.25) is 13.9 Å². The third kappa shape index (κ3) is 9.55. The van der Waals surface area contributed by atoms with Gasteiger partial charge in [0.05, 0.1) is 10.6 Å². The Hall–Kier alpha value is -4.43. The molecule has 47 heavy (non-hydrogen) atoms. The van der Waals surface area contributed by atoms with E-state index in [2.05, 4.69) is 19.2 Å². The predicted octanol–water partition coefficient (Wildman–Crippen LogP) is 7.03. The molecule has 0 spiro atoms. The molecule has 0 aliphatic heterocycles. The summed E-state index contributed by atoms with van der Waals surface area (Å²) in [6, 6.07) is 30.4. The second-order valence-electron chi connectivity index (χ2n) is 12.9. The molecule has 8 heteroatoms. The monoisotopic (exact) mass is 653 g/mol. The SMILES string of the molecule is Cc1ccc(S(=O)(=O)N(CC(=O)N(Cc2cccc(C)c2)C(Cc2ccccc2)C(=O)NCC(C)C)c2ccc(C(C)C)cc2)cc1. The van der Waals surface area contributed by atoms with Gasteiger partial charge >= 0.3 is 0 Å². The lowest BCUT2D eigenvalue weighted by atomic mass is 10.0. The van der Waals surface area contributed by atoms with Gasteiger partial charge in [-0.1, -0.05) is 118 Å². The fraction of sp³-hybridized carbons (Fsp3) is 0.333. The Morgan fingerprint density at radius 2 is 1.38 bits per heavy atom. The molecule has 2 amide bonds. The highest BCUT2D eigenvalue weighted by atomic mass is 32.2. The van der Waals surface area contributed by atoms with Crippen molar-refractivity contribution in [3.63, 3.8) is 0 Å². The van der Waals surface area contributed by atoms with Crippen molar-refractivity contribution in [3.05, 3.63) is 131 Å². The van der Waals surface area contributed by atoms with E-state index in [4.69, 9.17) is 0 Å². The van der Waals surface area contributed by atoms with Crippen molar-refractivity contribution in [1.82, 2.24) is 10.2 Å². The number of rotatable bonds is 14. The minimum atomic E-state index is -4.15. The number of nitrogens with zero attached hydrogens (tertiary/aromatic N) is 2. The van der Waals surface area contributed by atoms with Crippen LogP contribution in [0.25, 0.3) is 0 Å². The molecule has 0 aliphatic carbocycles. The molecule has 248 valence electrons. The van der Waals surface area contributed by atoms with E-state index in [9.17, 15) is 18.0 Å². The van der Waals surface area contributed by atoms with Gasteiger partial charge in [-0.15, -0.1) is 0 Å². The van der Waals surface area contributed by atoms with Crippen LogP contribution in [0.3, 0.4) is 0 Å². The van der Waals surface area contributed by atoms with Gasteiger partial charge in [-0.05, 0) is 66.6 Å². The topological polar surface area (TPSA) is 86.8 Å². The first-order valence-electron chi connectivity index (χ1n) is 16.2. The Bertz CT molecular complexity index is 1740. The minimum absolute atomic E-state index is 0.0876. The molecule has 1 unspecified atom stereocenters. The van der Waals surface area contributed by atoms with Gasteiger partial charge < -0.3 is 10.2 Å². The van der Waals surface area contributed by atoms with Crippen molar-refractivity contribution in [2.45, 2.75) is 71.4 Å². The van der Waals surface area contributed by atoms with E-state index in [-0.39, 0.29) is 35.6 Å². The Balaban J connectivity index is 1.81. The van der Waals surface area contributed by atoms with E-state index in [1.165, 1.54) is 9.21 Å². The number of amides is 2. The number of benzene rings is 4. The smallest absolute Gasteiger partial charge is 0.264 e. The molecule has 1 atom stereocenters. The number of hydrogen-bond acceptors (Lipinski definition) is 4. The van der Waals surface area contributed by atoms with Crippen LogP contribution in [0.5, 0.6) is 0 Å². The Labute approximate surface area is 280 Å². The van der Waals surface area contributed by atoms with Crippen molar-refractivity contribution in [2.75, 3.05) is 17.4 Å². The minimum Gasteiger partial charge on any atom is -0.354 e. The van der Waals surface area contributed by atoms with Crippen LogP contribution in [0.4, 0.5) is 5.69 Å². The highest BCUT2D eigenvalue weighted by Gasteiger charge is 2.34. The second-order valence-corrected chi connectivity index (χ2v) is 14.8. The molecule has 4 aromatic rings. The summed E-state index contributed by atoms with van der Waals surface area (Å²) < 4.78 is 29.7. The molecule has 0 aliphatic rings. The molecule has 0 saturated carbocycles. The first-order valence-corrected chi connectivity index (χ1v) is 17.6. The maximum atomic E-state index is 14.6. The molecule has 4 rings (SSSR count). The molecule has 0 saturated heterocycles. The zero-order valence-corrected chi connectivity index (χ0v) is 29.1. The summed E-state index contributed by atoms with van der Waals surface area (Å²) in [4.78, 5) is 30.2. The number of nitrogens with one attached hydrogen (secondary N) is 1. The summed E-state index contributed by atoms with van der Waals surface area (Å²) in [7, 11) is -4.15. The van der Waals surface area contributed by atoms with Gasteiger partial charge in [0.15, 0.2) is 0 Å². The summed E-state index contributed by atoms with van der Waals surface area (Å²) in [6.07, 6.45) is 0.274. The Morgan fingerprint density at radius 1 is 0.745 bits per heavy atom. The first kappa shape index (κ1) is 35.4. The number of aryl methyl sites for hydroxylation is 2. The normalized spacial score (nSPS) is 12.2. The van der Waals surface area contributed by atoms with E-state index >= 15 is 0 Å². The highest BCUT2D eigenvalue weighted by Crippen LogP contribution is 2.27. The number of sulfonamides is 1. The zero-order valence-electron chi connectivity index (χ0n) is 28.3. The second kappa shape index (κ2) is 15.9.